The van der Waals surface area contributed by atoms with Gasteiger partial charge in [-0.05, 0) is 80.9 Å². The van der Waals surface area contributed by atoms with Crippen molar-refractivity contribution >= 4 is 22.3 Å². The lowest BCUT2D eigenvalue weighted by Crippen LogP contribution is -2.39. The van der Waals surface area contributed by atoms with Crippen molar-refractivity contribution in [2.24, 2.45) is 5.92 Å². The molecule has 0 unspecified atom stereocenters. The van der Waals surface area contributed by atoms with Crippen molar-refractivity contribution in [2.75, 3.05) is 30.7 Å². The van der Waals surface area contributed by atoms with Crippen LogP contribution in [0.3, 0.4) is 0 Å². The molecule has 30 heavy (non-hydrogen) atoms. The molecule has 1 aliphatic rings. The van der Waals surface area contributed by atoms with E-state index in [1.807, 2.05) is 30.5 Å². The number of pyridine rings is 2. The van der Waals surface area contributed by atoms with Gasteiger partial charge in [-0.25, -0.2) is 9.97 Å². The number of hydrogen-bond donors (Lipinski definition) is 2. The minimum absolute atomic E-state index is 0.560. The largest absolute Gasteiger partial charge is 0.477 e. The molecule has 0 spiro atoms. The molecule has 1 saturated heterocycles. The second-order valence-corrected chi connectivity index (χ2v) is 8.37. The highest BCUT2D eigenvalue weighted by atomic mass is 16.5. The van der Waals surface area contributed by atoms with Gasteiger partial charge < -0.3 is 20.7 Å². The number of rotatable bonds is 7. The first kappa shape index (κ1) is 20.4. The van der Waals surface area contributed by atoms with Gasteiger partial charge in [-0.1, -0.05) is 6.07 Å². The minimum Gasteiger partial charge on any atom is -0.477 e. The summed E-state index contributed by atoms with van der Waals surface area (Å²) in [6, 6.07) is 12.8. The highest BCUT2D eigenvalue weighted by Crippen LogP contribution is 2.23. The smallest absolute Gasteiger partial charge is 0.213 e. The summed E-state index contributed by atoms with van der Waals surface area (Å²) in [4.78, 5) is 11.2. The molecule has 3 N–H and O–H groups in total. The minimum atomic E-state index is 0.560. The second-order valence-electron chi connectivity index (χ2n) is 8.37. The van der Waals surface area contributed by atoms with Gasteiger partial charge >= 0.3 is 0 Å². The Labute approximate surface area is 178 Å². The number of hydrogen-bond acceptors (Lipinski definition) is 6. The van der Waals surface area contributed by atoms with Gasteiger partial charge in [-0.3, -0.25) is 0 Å². The van der Waals surface area contributed by atoms with Crippen molar-refractivity contribution in [1.29, 1.82) is 0 Å². The average Bonchev–Trinajstić information content (AvgIpc) is 2.77. The molecule has 1 aliphatic heterocycles. The van der Waals surface area contributed by atoms with E-state index in [-0.39, 0.29) is 0 Å². The first-order chi connectivity index (χ1) is 14.6. The van der Waals surface area contributed by atoms with Crippen molar-refractivity contribution in [3.8, 4) is 5.88 Å². The Balaban J connectivity index is 1.26. The van der Waals surface area contributed by atoms with Gasteiger partial charge in [0.25, 0.3) is 0 Å². The lowest BCUT2D eigenvalue weighted by atomic mass is 9.97. The van der Waals surface area contributed by atoms with E-state index in [9.17, 15) is 0 Å². The summed E-state index contributed by atoms with van der Waals surface area (Å²) in [5.41, 5.74) is 8.08. The van der Waals surface area contributed by atoms with Gasteiger partial charge in [0.15, 0.2) is 0 Å². The molecule has 1 fully saturated rings. The molecule has 158 valence electrons. The number of fused-ring (bicyclic) bond motifs is 1. The van der Waals surface area contributed by atoms with Crippen LogP contribution < -0.4 is 15.8 Å². The quantitative estimate of drug-likeness (QED) is 0.610. The van der Waals surface area contributed by atoms with Crippen molar-refractivity contribution in [3.63, 3.8) is 0 Å². The SMILES string of the molecule is CC(C)N1CCC(COc2ccc(CNc3ccc4c(N)nccc4c3)cn2)CC1. The third-order valence-electron chi connectivity index (χ3n) is 5.94. The van der Waals surface area contributed by atoms with E-state index >= 15 is 0 Å². The monoisotopic (exact) mass is 405 g/mol. The Morgan fingerprint density at radius 2 is 1.97 bits per heavy atom. The van der Waals surface area contributed by atoms with Crippen molar-refractivity contribution in [3.05, 3.63) is 54.4 Å². The van der Waals surface area contributed by atoms with Gasteiger partial charge in [-0.2, -0.15) is 0 Å². The van der Waals surface area contributed by atoms with E-state index < -0.39 is 0 Å². The highest BCUT2D eigenvalue weighted by molar-refractivity contribution is 5.92. The summed E-state index contributed by atoms with van der Waals surface area (Å²) in [6.07, 6.45) is 6.02. The number of piperidine rings is 1. The van der Waals surface area contributed by atoms with Crippen LogP contribution in [0.2, 0.25) is 0 Å². The zero-order valence-corrected chi connectivity index (χ0v) is 17.8. The number of likely N-dealkylation sites (tertiary alicyclic amines) is 1. The molecule has 3 heterocycles. The lowest BCUT2D eigenvalue weighted by Gasteiger charge is -2.34. The Morgan fingerprint density at radius 1 is 1.13 bits per heavy atom. The van der Waals surface area contributed by atoms with Crippen LogP contribution in [-0.4, -0.2) is 40.6 Å². The van der Waals surface area contributed by atoms with E-state index in [4.69, 9.17) is 10.5 Å². The number of aromatic nitrogens is 2. The van der Waals surface area contributed by atoms with Gasteiger partial charge in [0.2, 0.25) is 5.88 Å². The Morgan fingerprint density at radius 3 is 2.70 bits per heavy atom. The fourth-order valence-electron chi connectivity index (χ4n) is 3.96. The van der Waals surface area contributed by atoms with Gasteiger partial charge in [-0.15, -0.1) is 0 Å². The molecule has 0 aliphatic carbocycles. The topological polar surface area (TPSA) is 76.3 Å². The fourth-order valence-corrected chi connectivity index (χ4v) is 3.96. The Kier molecular flexibility index (Phi) is 6.33. The molecule has 3 aromatic rings. The molecule has 6 heteroatoms. The number of nitrogens with zero attached hydrogens (tertiary/aromatic N) is 3. The molecule has 0 saturated carbocycles. The molecule has 4 rings (SSSR count). The molecule has 0 bridgehead atoms. The zero-order chi connectivity index (χ0) is 20.9. The van der Waals surface area contributed by atoms with Crippen LogP contribution in [0.25, 0.3) is 10.8 Å². The summed E-state index contributed by atoms with van der Waals surface area (Å²) >= 11 is 0. The van der Waals surface area contributed by atoms with Crippen LogP contribution in [0.15, 0.2) is 48.8 Å². The fraction of sp³-hybridized carbons (Fsp3) is 0.417. The number of ether oxygens (including phenoxy) is 1. The molecular formula is C24H31N5O. The van der Waals surface area contributed by atoms with E-state index in [0.29, 0.717) is 30.2 Å². The maximum absolute atomic E-state index is 5.95. The number of anilines is 2. The summed E-state index contributed by atoms with van der Waals surface area (Å²) in [7, 11) is 0. The van der Waals surface area contributed by atoms with Crippen LogP contribution in [-0.2, 0) is 6.54 Å². The molecular weight excluding hydrogens is 374 g/mol. The molecule has 6 nitrogen and oxygen atoms in total. The standard InChI is InChI=1S/C24H31N5O/c1-17(2)29-11-8-18(9-12-29)16-30-23-6-3-19(15-28-23)14-27-21-4-5-22-20(13-21)7-10-26-24(22)25/h3-7,10,13,15,17-18,27H,8-9,11-12,14,16H2,1-2H3,(H2,25,26). The predicted octanol–water partition coefficient (Wildman–Crippen LogP) is 4.32. The van der Waals surface area contributed by atoms with E-state index in [0.717, 1.165) is 28.6 Å². The second kappa shape index (κ2) is 9.30. The zero-order valence-electron chi connectivity index (χ0n) is 17.8. The van der Waals surface area contributed by atoms with Gasteiger partial charge in [0.05, 0.1) is 6.61 Å². The van der Waals surface area contributed by atoms with Crippen molar-refractivity contribution in [1.82, 2.24) is 14.9 Å². The normalized spacial score (nSPS) is 15.6. The average molecular weight is 406 g/mol. The third-order valence-corrected chi connectivity index (χ3v) is 5.94. The number of nitrogens with one attached hydrogen (secondary N) is 1. The van der Waals surface area contributed by atoms with E-state index in [1.165, 1.54) is 25.9 Å². The van der Waals surface area contributed by atoms with Crippen LogP contribution >= 0.6 is 0 Å². The summed E-state index contributed by atoms with van der Waals surface area (Å²) in [5.74, 6) is 1.89. The summed E-state index contributed by atoms with van der Waals surface area (Å²) in [6.45, 7) is 8.33. The van der Waals surface area contributed by atoms with Crippen molar-refractivity contribution < 1.29 is 4.74 Å². The number of nitrogens with two attached hydrogens (primary N) is 1. The van der Waals surface area contributed by atoms with Gasteiger partial charge in [0.1, 0.15) is 5.82 Å². The lowest BCUT2D eigenvalue weighted by molar-refractivity contribution is 0.117. The Bertz CT molecular complexity index is 965. The third kappa shape index (κ3) is 5.00. The van der Waals surface area contributed by atoms with Crippen molar-refractivity contribution in [2.45, 2.75) is 39.3 Å². The summed E-state index contributed by atoms with van der Waals surface area (Å²) < 4.78 is 5.95. The molecule has 0 amide bonds. The van der Waals surface area contributed by atoms with Crippen LogP contribution in [0.4, 0.5) is 11.5 Å². The number of nitrogen functional groups attached to an aromatic ring is 1. The first-order valence-electron chi connectivity index (χ1n) is 10.8. The van der Waals surface area contributed by atoms with Crippen LogP contribution in [0.5, 0.6) is 5.88 Å². The van der Waals surface area contributed by atoms with Crippen LogP contribution in [0.1, 0.15) is 32.3 Å². The van der Waals surface area contributed by atoms with Gasteiger partial charge in [0, 0.05) is 42.1 Å². The summed E-state index contributed by atoms with van der Waals surface area (Å²) in [5, 5.41) is 5.49. The maximum Gasteiger partial charge on any atom is 0.213 e. The van der Waals surface area contributed by atoms with Crippen LogP contribution in [0, 0.1) is 5.92 Å². The molecule has 0 radical (unpaired) electrons. The highest BCUT2D eigenvalue weighted by Gasteiger charge is 2.21. The molecule has 2 aromatic heterocycles. The van der Waals surface area contributed by atoms with E-state index in [1.54, 1.807) is 6.20 Å². The van der Waals surface area contributed by atoms with E-state index in [2.05, 4.69) is 46.2 Å². The number of benzene rings is 1. The molecule has 1 aromatic carbocycles. The Hall–Kier alpha value is -2.86. The maximum atomic E-state index is 5.95. The first-order valence-corrected chi connectivity index (χ1v) is 10.8. The predicted molar refractivity (Wildman–Crippen MR) is 123 cm³/mol. The molecule has 0 atom stereocenters.